The summed E-state index contributed by atoms with van der Waals surface area (Å²) >= 11 is 6.82. The number of thiocarbonyl (C=S) groups is 1. The zero-order valence-electron chi connectivity index (χ0n) is 13.3. The van der Waals surface area contributed by atoms with Crippen LogP contribution in [0.1, 0.15) is 44.6 Å². The minimum Gasteiger partial charge on any atom is -0.358 e. The molecule has 22 heavy (non-hydrogen) atoms. The Kier molecular flexibility index (Phi) is 6.70. The molecule has 1 aliphatic rings. The van der Waals surface area contributed by atoms with Crippen LogP contribution in [0.5, 0.6) is 0 Å². The van der Waals surface area contributed by atoms with Gasteiger partial charge in [-0.15, -0.1) is 0 Å². The summed E-state index contributed by atoms with van der Waals surface area (Å²) < 4.78 is 0.847. The number of rotatable bonds is 5. The van der Waals surface area contributed by atoms with E-state index in [0.29, 0.717) is 11.7 Å². The number of benzene rings is 1. The van der Waals surface area contributed by atoms with Crippen LogP contribution in [0.2, 0.25) is 0 Å². The summed E-state index contributed by atoms with van der Waals surface area (Å²) in [5.41, 5.74) is 2.16. The average Bonchev–Trinajstić information content (AvgIpc) is 3.07. The quantitative estimate of drug-likeness (QED) is 0.815. The Morgan fingerprint density at radius 3 is 2.55 bits per heavy atom. The van der Waals surface area contributed by atoms with E-state index in [4.69, 9.17) is 12.2 Å². The molecule has 1 amide bonds. The first kappa shape index (κ1) is 17.3. The van der Waals surface area contributed by atoms with E-state index in [2.05, 4.69) is 36.2 Å². The lowest BCUT2D eigenvalue weighted by atomic mass is 9.99. The first-order valence-electron chi connectivity index (χ1n) is 7.91. The molecule has 1 aliphatic heterocycles. The number of hydrogen-bond donors (Lipinski definition) is 1. The summed E-state index contributed by atoms with van der Waals surface area (Å²) in [6.45, 7) is 6.46. The van der Waals surface area contributed by atoms with Gasteiger partial charge in [0.2, 0.25) is 5.91 Å². The summed E-state index contributed by atoms with van der Waals surface area (Å²) in [6, 6.07) is 8.13. The van der Waals surface area contributed by atoms with Gasteiger partial charge in [0, 0.05) is 18.8 Å². The average molecular weight is 337 g/mol. The van der Waals surface area contributed by atoms with Crippen molar-refractivity contribution in [3.8, 4) is 0 Å². The Morgan fingerprint density at radius 1 is 1.32 bits per heavy atom. The van der Waals surface area contributed by atoms with E-state index in [9.17, 15) is 4.79 Å². The summed E-state index contributed by atoms with van der Waals surface area (Å²) in [5, 5.41) is 2.93. The molecule has 1 atom stereocenters. The van der Waals surface area contributed by atoms with E-state index in [1.54, 1.807) is 0 Å². The monoisotopic (exact) mass is 336 g/mol. The van der Waals surface area contributed by atoms with Crippen LogP contribution < -0.4 is 5.32 Å². The number of carbonyl (C=O) groups excluding carboxylic acids is 1. The highest BCUT2D eigenvalue weighted by atomic mass is 32.2. The molecule has 0 aromatic heterocycles. The van der Waals surface area contributed by atoms with Crippen molar-refractivity contribution in [2.24, 2.45) is 0 Å². The summed E-state index contributed by atoms with van der Waals surface area (Å²) in [7, 11) is 0. The highest BCUT2D eigenvalue weighted by Crippen LogP contribution is 2.21. The maximum absolute atomic E-state index is 12.0. The van der Waals surface area contributed by atoms with Gasteiger partial charge in [-0.2, -0.15) is 0 Å². The van der Waals surface area contributed by atoms with Gasteiger partial charge in [-0.25, -0.2) is 0 Å². The molecule has 1 fully saturated rings. The highest BCUT2D eigenvalue weighted by Gasteiger charge is 2.16. The largest absolute Gasteiger partial charge is 0.358 e. The lowest BCUT2D eigenvalue weighted by molar-refractivity contribution is -0.113. The van der Waals surface area contributed by atoms with Gasteiger partial charge in [0.05, 0.1) is 5.75 Å². The van der Waals surface area contributed by atoms with Crippen LogP contribution in [0, 0.1) is 0 Å². The Bertz CT molecular complexity index is 510. The van der Waals surface area contributed by atoms with Gasteiger partial charge >= 0.3 is 0 Å². The maximum Gasteiger partial charge on any atom is 0.234 e. The SMILES string of the molecule is CC[C@@H](C)c1ccc(NC(=O)CSC(=S)N2CCCC2)cc1. The van der Waals surface area contributed by atoms with Crippen LogP contribution in [0.3, 0.4) is 0 Å². The van der Waals surface area contributed by atoms with Crippen LogP contribution in [0.4, 0.5) is 5.69 Å². The second-order valence-electron chi connectivity index (χ2n) is 5.73. The molecule has 2 rings (SSSR count). The zero-order valence-corrected chi connectivity index (χ0v) is 14.9. The molecule has 0 spiro atoms. The smallest absolute Gasteiger partial charge is 0.234 e. The number of nitrogens with one attached hydrogen (secondary N) is 1. The fourth-order valence-corrected chi connectivity index (χ4v) is 3.50. The van der Waals surface area contributed by atoms with Crippen molar-refractivity contribution in [2.75, 3.05) is 24.2 Å². The summed E-state index contributed by atoms with van der Waals surface area (Å²) in [4.78, 5) is 14.2. The lowest BCUT2D eigenvalue weighted by Gasteiger charge is -2.17. The molecular weight excluding hydrogens is 312 g/mol. The first-order chi connectivity index (χ1) is 10.6. The molecule has 0 aliphatic carbocycles. The molecule has 0 unspecified atom stereocenters. The zero-order chi connectivity index (χ0) is 15.9. The van der Waals surface area contributed by atoms with Crippen molar-refractivity contribution >= 4 is 39.9 Å². The van der Waals surface area contributed by atoms with Crippen molar-refractivity contribution < 1.29 is 4.79 Å². The summed E-state index contributed by atoms with van der Waals surface area (Å²) in [6.07, 6.45) is 3.53. The third kappa shape index (κ3) is 4.99. The predicted molar refractivity (Wildman–Crippen MR) is 99.6 cm³/mol. The number of nitrogens with zero attached hydrogens (tertiary/aromatic N) is 1. The minimum atomic E-state index is 0.00263. The van der Waals surface area contributed by atoms with Gasteiger partial charge in [0.25, 0.3) is 0 Å². The van der Waals surface area contributed by atoms with Gasteiger partial charge in [-0.1, -0.05) is 50.0 Å². The molecule has 1 aromatic rings. The Balaban J connectivity index is 1.77. The molecule has 3 nitrogen and oxygen atoms in total. The third-order valence-electron chi connectivity index (χ3n) is 4.07. The second kappa shape index (κ2) is 8.53. The van der Waals surface area contributed by atoms with Crippen molar-refractivity contribution in [2.45, 2.75) is 39.0 Å². The molecule has 1 heterocycles. The summed E-state index contributed by atoms with van der Waals surface area (Å²) in [5.74, 6) is 0.934. The van der Waals surface area contributed by atoms with Gasteiger partial charge in [0.15, 0.2) is 0 Å². The Hall–Kier alpha value is -1.07. The molecule has 1 N–H and O–H groups in total. The third-order valence-corrected chi connectivity index (χ3v) is 5.59. The normalized spacial score (nSPS) is 15.6. The van der Waals surface area contributed by atoms with E-state index in [0.717, 1.165) is 29.5 Å². The number of amides is 1. The number of anilines is 1. The Morgan fingerprint density at radius 2 is 1.95 bits per heavy atom. The highest BCUT2D eigenvalue weighted by molar-refractivity contribution is 8.23. The minimum absolute atomic E-state index is 0.00263. The van der Waals surface area contributed by atoms with E-state index < -0.39 is 0 Å². The fraction of sp³-hybridized carbons (Fsp3) is 0.529. The van der Waals surface area contributed by atoms with Crippen molar-refractivity contribution in [1.29, 1.82) is 0 Å². The Labute approximate surface area is 142 Å². The van der Waals surface area contributed by atoms with Crippen LogP contribution in [0.15, 0.2) is 24.3 Å². The number of hydrogen-bond acceptors (Lipinski definition) is 3. The van der Waals surface area contributed by atoms with Crippen LogP contribution in [0.25, 0.3) is 0 Å². The molecule has 5 heteroatoms. The van der Waals surface area contributed by atoms with E-state index in [1.807, 2.05) is 12.1 Å². The fourth-order valence-electron chi connectivity index (χ4n) is 2.45. The van der Waals surface area contributed by atoms with E-state index in [-0.39, 0.29) is 5.91 Å². The standard InChI is InChI=1S/C17H24N2OS2/c1-3-13(2)14-6-8-15(9-7-14)18-16(20)12-22-17(21)19-10-4-5-11-19/h6-9,13H,3-5,10-12H2,1-2H3,(H,18,20)/t13-/m1/s1. The molecule has 1 saturated heterocycles. The topological polar surface area (TPSA) is 32.3 Å². The van der Waals surface area contributed by atoms with E-state index in [1.165, 1.54) is 30.2 Å². The lowest BCUT2D eigenvalue weighted by Crippen LogP contribution is -2.25. The van der Waals surface area contributed by atoms with Crippen LogP contribution in [-0.4, -0.2) is 34.0 Å². The van der Waals surface area contributed by atoms with Crippen molar-refractivity contribution in [3.05, 3.63) is 29.8 Å². The van der Waals surface area contributed by atoms with Gasteiger partial charge in [-0.3, -0.25) is 4.79 Å². The van der Waals surface area contributed by atoms with Crippen LogP contribution >= 0.6 is 24.0 Å². The van der Waals surface area contributed by atoms with Crippen molar-refractivity contribution in [1.82, 2.24) is 4.90 Å². The predicted octanol–water partition coefficient (Wildman–Crippen LogP) is 4.25. The molecule has 0 radical (unpaired) electrons. The number of likely N-dealkylation sites (tertiary alicyclic amines) is 1. The number of carbonyl (C=O) groups is 1. The molecule has 0 bridgehead atoms. The maximum atomic E-state index is 12.0. The molecule has 120 valence electrons. The molecular formula is C17H24N2OS2. The molecule has 1 aromatic carbocycles. The van der Waals surface area contributed by atoms with Gasteiger partial charge in [0.1, 0.15) is 4.32 Å². The van der Waals surface area contributed by atoms with Gasteiger partial charge < -0.3 is 10.2 Å². The number of thioether (sulfide) groups is 1. The van der Waals surface area contributed by atoms with Crippen LogP contribution in [-0.2, 0) is 4.79 Å². The second-order valence-corrected chi connectivity index (χ2v) is 7.34. The molecule has 0 saturated carbocycles. The first-order valence-corrected chi connectivity index (χ1v) is 9.31. The van der Waals surface area contributed by atoms with E-state index >= 15 is 0 Å². The van der Waals surface area contributed by atoms with Gasteiger partial charge in [-0.05, 0) is 42.9 Å². The van der Waals surface area contributed by atoms with Crippen molar-refractivity contribution in [3.63, 3.8) is 0 Å².